The number of aryl methyl sites for hydroxylation is 1. The number of Topliss-reactive ketones (excluding diaryl/α,β-unsaturated/α-hetero) is 1. The van der Waals surface area contributed by atoms with E-state index in [4.69, 9.17) is 0 Å². The molecule has 4 aromatic heterocycles. The van der Waals surface area contributed by atoms with Crippen molar-refractivity contribution in [3.05, 3.63) is 105 Å². The summed E-state index contributed by atoms with van der Waals surface area (Å²) in [5, 5.41) is 3.90. The van der Waals surface area contributed by atoms with E-state index in [9.17, 15) is 14.4 Å². The molecule has 0 bridgehead atoms. The van der Waals surface area contributed by atoms with Gasteiger partial charge >= 0.3 is 0 Å². The van der Waals surface area contributed by atoms with Crippen molar-refractivity contribution in [1.82, 2.24) is 19.9 Å². The third-order valence-corrected chi connectivity index (χ3v) is 9.77. The first kappa shape index (κ1) is 23.3. The molecule has 5 aromatic rings. The van der Waals surface area contributed by atoms with Crippen LogP contribution in [0.3, 0.4) is 0 Å². The molecule has 1 amide bonds. The number of rotatable bonds is 5. The van der Waals surface area contributed by atoms with E-state index < -0.39 is 0 Å². The fraction of sp³-hybridized carbons (Fsp3) is 0.188. The molecule has 1 spiro atoms. The van der Waals surface area contributed by atoms with Gasteiger partial charge in [-0.3, -0.25) is 14.4 Å². The zero-order chi connectivity index (χ0) is 27.2. The minimum atomic E-state index is -0.173. The topological polar surface area (TPSA) is 98.9 Å². The van der Waals surface area contributed by atoms with Gasteiger partial charge in [-0.05, 0) is 65.6 Å². The number of piperidine rings is 1. The maximum atomic E-state index is 13.4. The standard InChI is InChI=1S/C32H24N4O3S/c1-17-16-40-30-26(38)11-27-32(29(17)30)12-21(32)15-36(27)28(39)7-6-20-14-34-31-22(20)8-18(13-33-31)9-25(37)24-10-19-4-2-3-5-23(19)35-24/h2-8,10-11,13-14,16,21,35H,9,12,15H2,1H3,(H,33,34)/b7-6+/t21-,32+/m0/s1. The fourth-order valence-electron chi connectivity index (χ4n) is 6.70. The second-order valence-corrected chi connectivity index (χ2v) is 11.9. The molecule has 8 heteroatoms. The van der Waals surface area contributed by atoms with Crippen molar-refractivity contribution in [2.75, 3.05) is 6.54 Å². The number of ketones is 2. The first-order valence-electron chi connectivity index (χ1n) is 13.3. The highest BCUT2D eigenvalue weighted by Crippen LogP contribution is 2.67. The highest BCUT2D eigenvalue weighted by atomic mass is 32.1. The number of fused-ring (bicyclic) bond motifs is 3. The van der Waals surface area contributed by atoms with Crippen LogP contribution in [-0.4, -0.2) is 43.9 Å². The summed E-state index contributed by atoms with van der Waals surface area (Å²) < 4.78 is 0. The summed E-state index contributed by atoms with van der Waals surface area (Å²) in [6, 6.07) is 11.6. The minimum Gasteiger partial charge on any atom is -0.352 e. The van der Waals surface area contributed by atoms with Gasteiger partial charge < -0.3 is 14.9 Å². The van der Waals surface area contributed by atoms with Crippen molar-refractivity contribution >= 4 is 56.8 Å². The number of benzene rings is 1. The van der Waals surface area contributed by atoms with Crippen LogP contribution in [0.25, 0.3) is 28.0 Å². The Morgan fingerprint density at radius 3 is 3.00 bits per heavy atom. The van der Waals surface area contributed by atoms with Gasteiger partial charge in [0.25, 0.3) is 5.91 Å². The van der Waals surface area contributed by atoms with E-state index in [1.165, 1.54) is 11.3 Å². The predicted octanol–water partition coefficient (Wildman–Crippen LogP) is 5.73. The Bertz CT molecular complexity index is 1960. The molecule has 2 atom stereocenters. The van der Waals surface area contributed by atoms with E-state index in [1.807, 2.05) is 42.6 Å². The summed E-state index contributed by atoms with van der Waals surface area (Å²) in [6.45, 7) is 2.69. The van der Waals surface area contributed by atoms with Gasteiger partial charge in [-0.2, -0.15) is 0 Å². The highest BCUT2D eigenvalue weighted by Gasteiger charge is 2.67. The van der Waals surface area contributed by atoms with Crippen LogP contribution in [0.15, 0.2) is 72.0 Å². The molecule has 0 unspecified atom stereocenters. The van der Waals surface area contributed by atoms with E-state index in [0.717, 1.165) is 55.5 Å². The first-order chi connectivity index (χ1) is 19.4. The molecular formula is C32H24N4O3S. The molecule has 1 aliphatic heterocycles. The van der Waals surface area contributed by atoms with Gasteiger partial charge in [0.15, 0.2) is 11.6 Å². The number of nitrogens with one attached hydrogen (secondary N) is 2. The van der Waals surface area contributed by atoms with E-state index in [2.05, 4.69) is 27.3 Å². The molecule has 2 N–H and O–H groups in total. The number of carbonyl (C=O) groups excluding carboxylic acids is 3. The van der Waals surface area contributed by atoms with Crippen LogP contribution in [0, 0.1) is 12.8 Å². The average molecular weight is 545 g/mol. The van der Waals surface area contributed by atoms with Crippen molar-refractivity contribution in [3.63, 3.8) is 0 Å². The van der Waals surface area contributed by atoms with Gasteiger partial charge in [-0.25, -0.2) is 4.98 Å². The molecule has 5 heterocycles. The van der Waals surface area contributed by atoms with Gasteiger partial charge in [-0.15, -0.1) is 11.3 Å². The maximum Gasteiger partial charge on any atom is 0.250 e. The summed E-state index contributed by atoms with van der Waals surface area (Å²) in [5.41, 5.74) is 6.78. The number of nitrogens with zero attached hydrogens (tertiary/aromatic N) is 2. The Balaban J connectivity index is 1.04. The zero-order valence-electron chi connectivity index (χ0n) is 21.7. The van der Waals surface area contributed by atoms with Crippen LogP contribution in [-0.2, 0) is 16.6 Å². The lowest BCUT2D eigenvalue weighted by molar-refractivity contribution is -0.123. The van der Waals surface area contributed by atoms with Crippen LogP contribution in [0.4, 0.5) is 0 Å². The summed E-state index contributed by atoms with van der Waals surface area (Å²) >= 11 is 1.51. The summed E-state index contributed by atoms with van der Waals surface area (Å²) in [4.78, 5) is 52.7. The molecule has 1 saturated heterocycles. The molecule has 2 aliphatic carbocycles. The van der Waals surface area contributed by atoms with Gasteiger partial charge in [-0.1, -0.05) is 18.2 Å². The summed E-state index contributed by atoms with van der Waals surface area (Å²) in [5.74, 6) is 0.224. The number of pyridine rings is 1. The number of carbonyl (C=O) groups is 3. The highest BCUT2D eigenvalue weighted by molar-refractivity contribution is 7.12. The second-order valence-electron chi connectivity index (χ2n) is 11.0. The third-order valence-electron chi connectivity index (χ3n) is 8.65. The van der Waals surface area contributed by atoms with Crippen molar-refractivity contribution in [1.29, 1.82) is 0 Å². The van der Waals surface area contributed by atoms with Gasteiger partial charge in [0, 0.05) is 70.5 Å². The average Bonchev–Trinajstić information content (AvgIpc) is 3.39. The Morgan fingerprint density at radius 2 is 2.12 bits per heavy atom. The van der Waals surface area contributed by atoms with Gasteiger partial charge in [0.2, 0.25) is 0 Å². The molecule has 0 radical (unpaired) electrons. The van der Waals surface area contributed by atoms with Crippen molar-refractivity contribution in [2.45, 2.75) is 25.2 Å². The normalized spacial score (nSPS) is 21.1. The SMILES string of the molecule is Cc1csc2c1[C@]13C[C@H]1CN(C(=O)/C=C/c1c[nH]c4ncc(CC(=O)c5cc6ccccc6[nH]5)cc14)C3=CC2=O. The molecule has 3 aliphatic rings. The number of likely N-dealkylation sites (tertiary alicyclic amines) is 1. The number of thiophene rings is 1. The predicted molar refractivity (Wildman–Crippen MR) is 154 cm³/mol. The number of allylic oxidation sites excluding steroid dienone is 2. The number of hydrogen-bond acceptors (Lipinski definition) is 5. The number of H-pyrrole nitrogens is 2. The van der Waals surface area contributed by atoms with Gasteiger partial charge in [0.1, 0.15) is 5.65 Å². The lowest BCUT2D eigenvalue weighted by Gasteiger charge is -2.27. The molecule has 1 aromatic carbocycles. The molecule has 196 valence electrons. The molecular weight excluding hydrogens is 520 g/mol. The maximum absolute atomic E-state index is 13.4. The Labute approximate surface area is 233 Å². The fourth-order valence-corrected chi connectivity index (χ4v) is 7.75. The van der Waals surface area contributed by atoms with Crippen molar-refractivity contribution in [3.8, 4) is 0 Å². The second kappa shape index (κ2) is 8.22. The smallest absolute Gasteiger partial charge is 0.250 e. The molecule has 40 heavy (non-hydrogen) atoms. The largest absolute Gasteiger partial charge is 0.352 e. The number of aromatic nitrogens is 3. The third kappa shape index (κ3) is 3.29. The van der Waals surface area contributed by atoms with Crippen molar-refractivity contribution in [2.24, 2.45) is 5.92 Å². The number of amides is 1. The molecule has 7 nitrogen and oxygen atoms in total. The van der Waals surface area contributed by atoms with Crippen LogP contribution in [0.1, 0.15) is 48.8 Å². The molecule has 1 saturated carbocycles. The molecule has 2 fully saturated rings. The van der Waals surface area contributed by atoms with E-state index in [1.54, 1.807) is 29.3 Å². The number of para-hydroxylation sites is 1. The Morgan fingerprint density at radius 1 is 1.25 bits per heavy atom. The molecule has 8 rings (SSSR count). The first-order valence-corrected chi connectivity index (χ1v) is 14.2. The lowest BCUT2D eigenvalue weighted by atomic mass is 9.84. The van der Waals surface area contributed by atoms with Crippen LogP contribution in [0.2, 0.25) is 0 Å². The Hall–Kier alpha value is -4.56. The van der Waals surface area contributed by atoms with Gasteiger partial charge in [0.05, 0.1) is 10.6 Å². The minimum absolute atomic E-state index is 0.000261. The zero-order valence-corrected chi connectivity index (χ0v) is 22.5. The van der Waals surface area contributed by atoms with Crippen LogP contribution in [0.5, 0.6) is 0 Å². The van der Waals surface area contributed by atoms with Crippen LogP contribution >= 0.6 is 11.3 Å². The summed E-state index contributed by atoms with van der Waals surface area (Å²) in [6.07, 6.45) is 9.78. The Kier molecular flexibility index (Phi) is 4.80. The summed E-state index contributed by atoms with van der Waals surface area (Å²) in [7, 11) is 0. The van der Waals surface area contributed by atoms with E-state index >= 15 is 0 Å². The van der Waals surface area contributed by atoms with E-state index in [-0.39, 0.29) is 29.3 Å². The number of hydrogen-bond donors (Lipinski definition) is 2. The quantitative estimate of drug-likeness (QED) is 0.218. The van der Waals surface area contributed by atoms with E-state index in [0.29, 0.717) is 23.8 Å². The number of aromatic amines is 2. The van der Waals surface area contributed by atoms with Crippen molar-refractivity contribution < 1.29 is 14.4 Å². The lowest BCUT2D eigenvalue weighted by Crippen LogP contribution is -2.32. The van der Waals surface area contributed by atoms with Crippen LogP contribution < -0.4 is 0 Å². The monoisotopic (exact) mass is 544 g/mol.